The second-order valence-electron chi connectivity index (χ2n) is 7.68. The van der Waals surface area contributed by atoms with E-state index >= 15 is 0 Å². The summed E-state index contributed by atoms with van der Waals surface area (Å²) in [6.07, 6.45) is -13.6. The molecule has 4 rings (SSSR count). The summed E-state index contributed by atoms with van der Waals surface area (Å²) in [6.45, 7) is 0. The van der Waals surface area contributed by atoms with Gasteiger partial charge in [0.15, 0.2) is 0 Å². The summed E-state index contributed by atoms with van der Waals surface area (Å²) in [4.78, 5) is 0. The molecule has 0 atom stereocenters. The number of hydrogen-bond acceptors (Lipinski definition) is 1. The van der Waals surface area contributed by atoms with Crippen LogP contribution in [0.4, 0.5) is 45.2 Å². The van der Waals surface area contributed by atoms with Crippen molar-refractivity contribution in [1.29, 1.82) is 0 Å². The predicted molar refractivity (Wildman–Crippen MR) is 108 cm³/mol. The molecule has 1 aliphatic heterocycles. The summed E-state index contributed by atoms with van der Waals surface area (Å²) in [5.41, 5.74) is -0.585. The minimum atomic E-state index is -4.96. The van der Waals surface area contributed by atoms with Gasteiger partial charge in [0.1, 0.15) is 5.75 Å². The molecular weight excluding hydrogens is 489 g/mol. The van der Waals surface area contributed by atoms with Gasteiger partial charge in [0.2, 0.25) is 0 Å². The second kappa shape index (κ2) is 8.54. The van der Waals surface area contributed by atoms with Crippen molar-refractivity contribution in [3.8, 4) is 16.9 Å². The largest absolute Gasteiger partial charge is 0.573 e. The summed E-state index contributed by atoms with van der Waals surface area (Å²) in [6, 6.07) is 11.3. The Morgan fingerprint density at radius 1 is 0.657 bits per heavy atom. The van der Waals surface area contributed by atoms with E-state index in [1.165, 1.54) is 18.3 Å². The maximum Gasteiger partial charge on any atom is 0.573 e. The second-order valence-corrected chi connectivity index (χ2v) is 7.68. The van der Waals surface area contributed by atoms with E-state index in [-0.39, 0.29) is 18.1 Å². The molecule has 0 aliphatic carbocycles. The summed E-state index contributed by atoms with van der Waals surface area (Å²) >= 11 is 0. The zero-order chi connectivity index (χ0) is 25.6. The van der Waals surface area contributed by atoms with E-state index < -0.39 is 35.6 Å². The third-order valence-electron chi connectivity index (χ3n) is 5.17. The van der Waals surface area contributed by atoms with Crippen LogP contribution in [0, 0.1) is 0 Å². The van der Waals surface area contributed by atoms with Crippen LogP contribution in [-0.4, -0.2) is 6.36 Å². The van der Waals surface area contributed by atoms with Crippen LogP contribution in [0.3, 0.4) is 0 Å². The molecule has 0 spiro atoms. The van der Waals surface area contributed by atoms with Crippen molar-refractivity contribution >= 4 is 11.3 Å². The number of halogens is 9. The number of alkyl halides is 9. The molecule has 11 heteroatoms. The minimum Gasteiger partial charge on any atom is -0.406 e. The Morgan fingerprint density at radius 3 is 1.77 bits per heavy atom. The van der Waals surface area contributed by atoms with Gasteiger partial charge in [0.25, 0.3) is 0 Å². The van der Waals surface area contributed by atoms with Crippen LogP contribution in [0.2, 0.25) is 0 Å². The standard InChI is InChI=1S/C24H13F9NO/c25-22(26,27)17-8-13(9-18(11-17)23(28,29)30)7-16-12-34-21-6-3-15(10-20(16)21)14-1-4-19(5-2-14)35-24(31,32)33/h1-6,8-12H,7H2. The van der Waals surface area contributed by atoms with E-state index in [1.807, 2.05) is 0 Å². The monoisotopic (exact) mass is 502 g/mol. The molecular formula is C24H13F9NO. The molecule has 1 radical (unpaired) electrons. The Morgan fingerprint density at radius 2 is 1.23 bits per heavy atom. The van der Waals surface area contributed by atoms with Gasteiger partial charge in [0.05, 0.1) is 16.8 Å². The molecule has 0 N–H and O–H groups in total. The third kappa shape index (κ3) is 5.72. The van der Waals surface area contributed by atoms with Gasteiger partial charge in [-0.1, -0.05) is 18.2 Å². The number of rotatable bonds is 4. The number of fused-ring (bicyclic) bond motifs is 1. The first kappa shape index (κ1) is 24.5. The zero-order valence-corrected chi connectivity index (χ0v) is 17.3. The highest BCUT2D eigenvalue weighted by Gasteiger charge is 2.37. The van der Waals surface area contributed by atoms with E-state index in [0.717, 1.165) is 12.1 Å². The Balaban J connectivity index is 1.63. The molecule has 3 aromatic carbocycles. The van der Waals surface area contributed by atoms with Crippen LogP contribution in [0.15, 0.2) is 66.9 Å². The number of hydrogen-bond donors (Lipinski definition) is 0. The Kier molecular flexibility index (Phi) is 5.98. The van der Waals surface area contributed by atoms with Crippen LogP contribution < -0.4 is 10.1 Å². The lowest BCUT2D eigenvalue weighted by atomic mass is 9.94. The summed E-state index contributed by atoms with van der Waals surface area (Å²) in [7, 11) is 0. The highest BCUT2D eigenvalue weighted by Crippen LogP contribution is 2.40. The van der Waals surface area contributed by atoms with Gasteiger partial charge in [-0.15, -0.1) is 13.2 Å². The molecule has 3 aromatic rings. The molecule has 0 amide bonds. The van der Waals surface area contributed by atoms with Crippen LogP contribution in [0.1, 0.15) is 22.3 Å². The van der Waals surface area contributed by atoms with Gasteiger partial charge in [-0.05, 0) is 71.1 Å². The minimum absolute atomic E-state index is 0.0646. The van der Waals surface area contributed by atoms with E-state index in [0.29, 0.717) is 40.1 Å². The van der Waals surface area contributed by atoms with Gasteiger partial charge >= 0.3 is 18.7 Å². The first-order valence-electron chi connectivity index (χ1n) is 9.88. The lowest BCUT2D eigenvalue weighted by Gasteiger charge is -2.15. The summed E-state index contributed by atoms with van der Waals surface area (Å²) in [5.74, 6) is -0.414. The molecule has 183 valence electrons. The maximum atomic E-state index is 13.2. The molecule has 0 bridgehead atoms. The van der Waals surface area contributed by atoms with Crippen molar-refractivity contribution in [3.63, 3.8) is 0 Å². The number of allylic oxidation sites excluding steroid dienone is 1. The van der Waals surface area contributed by atoms with Crippen LogP contribution >= 0.6 is 0 Å². The molecule has 1 aliphatic rings. The molecule has 1 heterocycles. The highest BCUT2D eigenvalue weighted by molar-refractivity contribution is 5.84. The molecule has 2 nitrogen and oxygen atoms in total. The van der Waals surface area contributed by atoms with Gasteiger partial charge in [-0.2, -0.15) is 26.3 Å². The van der Waals surface area contributed by atoms with Gasteiger partial charge in [-0.3, -0.25) is 5.32 Å². The summed E-state index contributed by atoms with van der Waals surface area (Å²) < 4.78 is 120. The van der Waals surface area contributed by atoms with Crippen molar-refractivity contribution in [2.24, 2.45) is 0 Å². The van der Waals surface area contributed by atoms with Gasteiger partial charge in [0, 0.05) is 11.8 Å². The van der Waals surface area contributed by atoms with E-state index in [2.05, 4.69) is 10.1 Å². The van der Waals surface area contributed by atoms with Crippen molar-refractivity contribution in [1.82, 2.24) is 5.32 Å². The molecule has 35 heavy (non-hydrogen) atoms. The van der Waals surface area contributed by atoms with Crippen LogP contribution in [-0.2, 0) is 18.8 Å². The highest BCUT2D eigenvalue weighted by atomic mass is 19.4. The van der Waals surface area contributed by atoms with Crippen molar-refractivity contribution in [3.05, 3.63) is 89.1 Å². The van der Waals surface area contributed by atoms with Gasteiger partial charge in [-0.25, -0.2) is 0 Å². The third-order valence-corrected chi connectivity index (χ3v) is 5.17. The SMILES string of the molecule is FC(F)(F)Oc1ccc(-c2ccc3c(c2)C(Cc2cc(C(F)(F)F)cc(C(F)(F)F)c2)=C[N]3)cc1. The molecule has 0 unspecified atom stereocenters. The first-order chi connectivity index (χ1) is 16.2. The fourth-order valence-electron chi connectivity index (χ4n) is 3.63. The number of ether oxygens (including phenoxy) is 1. The number of nitrogens with zero attached hydrogens (tertiary/aromatic N) is 1. The quantitative estimate of drug-likeness (QED) is 0.331. The number of benzene rings is 3. The normalized spacial score (nSPS) is 13.8. The fourth-order valence-corrected chi connectivity index (χ4v) is 3.63. The first-order valence-corrected chi connectivity index (χ1v) is 9.88. The predicted octanol–water partition coefficient (Wildman–Crippen LogP) is 8.12. The van der Waals surface area contributed by atoms with E-state index in [4.69, 9.17) is 0 Å². The van der Waals surface area contributed by atoms with E-state index in [1.54, 1.807) is 18.2 Å². The average Bonchev–Trinajstić information content (AvgIpc) is 3.14. The molecule has 0 fully saturated rings. The molecule has 0 aromatic heterocycles. The van der Waals surface area contributed by atoms with Crippen molar-refractivity contribution in [2.75, 3.05) is 0 Å². The molecule has 0 saturated heterocycles. The fraction of sp³-hybridized carbons (Fsp3) is 0.167. The van der Waals surface area contributed by atoms with Crippen molar-refractivity contribution in [2.45, 2.75) is 25.1 Å². The summed E-state index contributed by atoms with van der Waals surface area (Å²) in [5, 5.41) is 4.16. The Bertz CT molecular complexity index is 1240. The van der Waals surface area contributed by atoms with E-state index in [9.17, 15) is 39.5 Å². The maximum absolute atomic E-state index is 13.2. The zero-order valence-electron chi connectivity index (χ0n) is 17.3. The Hall–Kier alpha value is -3.63. The lowest BCUT2D eigenvalue weighted by molar-refractivity contribution is -0.274. The molecule has 0 saturated carbocycles. The van der Waals surface area contributed by atoms with Crippen molar-refractivity contribution < 1.29 is 44.3 Å². The van der Waals surface area contributed by atoms with Gasteiger partial charge < -0.3 is 4.74 Å². The Labute approximate surface area is 192 Å². The topological polar surface area (TPSA) is 23.3 Å². The lowest BCUT2D eigenvalue weighted by Crippen LogP contribution is -2.16. The smallest absolute Gasteiger partial charge is 0.406 e. The van der Waals surface area contributed by atoms with Crippen LogP contribution in [0.5, 0.6) is 5.75 Å². The van der Waals surface area contributed by atoms with Crippen LogP contribution in [0.25, 0.3) is 16.7 Å². The average molecular weight is 502 g/mol.